The lowest BCUT2D eigenvalue weighted by Gasteiger charge is -2.23. The minimum Gasteiger partial charge on any atom is -0.354 e. The molecule has 0 aromatic carbocycles. The van der Waals surface area contributed by atoms with Crippen molar-refractivity contribution < 1.29 is 13.2 Å². The number of halogens is 3. The maximum Gasteiger partial charge on any atom is 0.401 e. The highest BCUT2D eigenvalue weighted by atomic mass is 19.4. The Balaban J connectivity index is 2.38. The van der Waals surface area contributed by atoms with Crippen LogP contribution in [0.15, 0.2) is 4.99 Å². The van der Waals surface area contributed by atoms with Gasteiger partial charge in [0.15, 0.2) is 5.96 Å². The van der Waals surface area contributed by atoms with E-state index in [1.165, 1.54) is 4.90 Å². The molecule has 0 amide bonds. The molecule has 1 saturated heterocycles. The second-order valence-electron chi connectivity index (χ2n) is 7.02. The molecule has 0 aliphatic carbocycles. The lowest BCUT2D eigenvalue weighted by Crippen LogP contribution is -2.48. The van der Waals surface area contributed by atoms with E-state index in [0.717, 1.165) is 32.5 Å². The summed E-state index contributed by atoms with van der Waals surface area (Å²) >= 11 is 0. The van der Waals surface area contributed by atoms with Crippen LogP contribution < -0.4 is 10.6 Å². The number of guanidine groups is 1. The van der Waals surface area contributed by atoms with E-state index in [-0.39, 0.29) is 12.1 Å². The third-order valence-electron chi connectivity index (χ3n) is 4.72. The number of nitrogens with zero attached hydrogens (tertiary/aromatic N) is 3. The van der Waals surface area contributed by atoms with Gasteiger partial charge in [-0.15, -0.1) is 0 Å². The summed E-state index contributed by atoms with van der Waals surface area (Å²) in [6.45, 7) is 12.3. The summed E-state index contributed by atoms with van der Waals surface area (Å²) in [5.41, 5.74) is 0. The molecular weight excluding hydrogens is 343 g/mol. The molecule has 2 N–H and O–H groups in total. The molecular formula is C18H36F3N5. The summed E-state index contributed by atoms with van der Waals surface area (Å²) in [6, 6.07) is 0.286. The predicted molar refractivity (Wildman–Crippen MR) is 102 cm³/mol. The summed E-state index contributed by atoms with van der Waals surface area (Å²) < 4.78 is 37.5. The van der Waals surface area contributed by atoms with E-state index in [0.29, 0.717) is 32.0 Å². The fourth-order valence-corrected chi connectivity index (χ4v) is 3.30. The monoisotopic (exact) mass is 379 g/mol. The van der Waals surface area contributed by atoms with Crippen molar-refractivity contribution in [2.45, 2.75) is 65.2 Å². The zero-order chi connectivity index (χ0) is 19.6. The predicted octanol–water partition coefficient (Wildman–Crippen LogP) is 2.69. The third-order valence-corrected chi connectivity index (χ3v) is 4.72. The maximum atomic E-state index is 12.5. The van der Waals surface area contributed by atoms with Crippen molar-refractivity contribution in [3.05, 3.63) is 0 Å². The van der Waals surface area contributed by atoms with Crippen LogP contribution in [0.4, 0.5) is 13.2 Å². The number of nitrogens with one attached hydrogen (secondary N) is 2. The number of likely N-dealkylation sites (tertiary alicyclic amines) is 1. The summed E-state index contributed by atoms with van der Waals surface area (Å²) in [7, 11) is 0. The molecule has 1 rings (SSSR count). The van der Waals surface area contributed by atoms with Gasteiger partial charge in [-0.25, -0.2) is 0 Å². The summed E-state index contributed by atoms with van der Waals surface area (Å²) in [6.07, 6.45) is -1.28. The Kier molecular flexibility index (Phi) is 10.3. The lowest BCUT2D eigenvalue weighted by molar-refractivity contribution is -0.143. The summed E-state index contributed by atoms with van der Waals surface area (Å²) in [5.74, 6) is 0.710. The Morgan fingerprint density at radius 2 is 1.96 bits per heavy atom. The summed E-state index contributed by atoms with van der Waals surface area (Å²) in [5, 5.41) is 6.70. The molecule has 0 aromatic heterocycles. The molecule has 1 heterocycles. The second-order valence-corrected chi connectivity index (χ2v) is 7.02. The van der Waals surface area contributed by atoms with Crippen LogP contribution in [-0.2, 0) is 0 Å². The van der Waals surface area contributed by atoms with E-state index < -0.39 is 12.7 Å². The molecule has 1 aliphatic heterocycles. The fraction of sp³-hybridized carbons (Fsp3) is 0.944. The number of hydrogen-bond acceptors (Lipinski definition) is 3. The van der Waals surface area contributed by atoms with Crippen LogP contribution in [-0.4, -0.2) is 79.8 Å². The molecule has 1 aliphatic rings. The fourth-order valence-electron chi connectivity index (χ4n) is 3.30. The highest BCUT2D eigenvalue weighted by molar-refractivity contribution is 5.80. The quantitative estimate of drug-likeness (QED) is 0.452. The topological polar surface area (TPSA) is 42.9 Å². The molecule has 0 saturated carbocycles. The number of alkyl halides is 3. The first-order valence-corrected chi connectivity index (χ1v) is 9.86. The molecule has 2 unspecified atom stereocenters. The van der Waals surface area contributed by atoms with Gasteiger partial charge in [0.2, 0.25) is 0 Å². The Morgan fingerprint density at radius 1 is 1.27 bits per heavy atom. The molecule has 2 atom stereocenters. The van der Waals surface area contributed by atoms with Gasteiger partial charge in [-0.3, -0.25) is 9.89 Å². The van der Waals surface area contributed by atoms with Gasteiger partial charge in [0.1, 0.15) is 0 Å². The molecule has 0 radical (unpaired) electrons. The molecule has 0 aromatic rings. The molecule has 154 valence electrons. The number of aliphatic imine (C=N–C) groups is 1. The van der Waals surface area contributed by atoms with Crippen LogP contribution in [0.2, 0.25) is 0 Å². The molecule has 0 bridgehead atoms. The largest absolute Gasteiger partial charge is 0.401 e. The van der Waals surface area contributed by atoms with E-state index in [9.17, 15) is 13.2 Å². The Morgan fingerprint density at radius 3 is 2.54 bits per heavy atom. The highest BCUT2D eigenvalue weighted by Crippen LogP contribution is 2.19. The van der Waals surface area contributed by atoms with Crippen molar-refractivity contribution >= 4 is 5.96 Å². The molecule has 0 spiro atoms. The van der Waals surface area contributed by atoms with E-state index in [1.807, 2.05) is 6.92 Å². The van der Waals surface area contributed by atoms with Gasteiger partial charge in [0.05, 0.1) is 6.54 Å². The lowest BCUT2D eigenvalue weighted by atomic mass is 10.1. The minimum absolute atomic E-state index is 0.0121. The zero-order valence-corrected chi connectivity index (χ0v) is 16.7. The molecule has 26 heavy (non-hydrogen) atoms. The highest BCUT2D eigenvalue weighted by Gasteiger charge is 2.34. The standard InChI is InChI=1S/C18H36F3N5/c1-5-22-17(23-15(4)9-8-11-25(6-2)7-3)24-16-10-12-26(13-16)14-18(19,20)21/h15-16H,5-14H2,1-4H3,(H2,22,23,24). The van der Waals surface area contributed by atoms with Crippen molar-refractivity contribution in [2.24, 2.45) is 4.99 Å². The van der Waals surface area contributed by atoms with E-state index in [1.54, 1.807) is 0 Å². The van der Waals surface area contributed by atoms with Gasteiger partial charge < -0.3 is 15.5 Å². The average molecular weight is 380 g/mol. The van der Waals surface area contributed by atoms with Crippen LogP contribution in [0.25, 0.3) is 0 Å². The third kappa shape index (κ3) is 9.62. The average Bonchev–Trinajstić information content (AvgIpc) is 2.96. The van der Waals surface area contributed by atoms with Gasteiger partial charge in [0.25, 0.3) is 0 Å². The van der Waals surface area contributed by atoms with Crippen LogP contribution in [0.1, 0.15) is 47.0 Å². The van der Waals surface area contributed by atoms with Gasteiger partial charge in [-0.1, -0.05) is 13.8 Å². The Bertz CT molecular complexity index is 410. The normalized spacial score (nSPS) is 20.6. The van der Waals surface area contributed by atoms with Crippen molar-refractivity contribution in [3.8, 4) is 0 Å². The van der Waals surface area contributed by atoms with Crippen LogP contribution in [0, 0.1) is 0 Å². The zero-order valence-electron chi connectivity index (χ0n) is 16.7. The van der Waals surface area contributed by atoms with Gasteiger partial charge in [0, 0.05) is 31.7 Å². The van der Waals surface area contributed by atoms with Gasteiger partial charge in [-0.05, 0) is 52.7 Å². The maximum absolute atomic E-state index is 12.5. The van der Waals surface area contributed by atoms with Crippen molar-refractivity contribution in [1.29, 1.82) is 0 Å². The van der Waals surface area contributed by atoms with Crippen LogP contribution in [0.3, 0.4) is 0 Å². The first-order chi connectivity index (χ1) is 12.3. The molecule has 1 fully saturated rings. The first-order valence-electron chi connectivity index (χ1n) is 9.86. The Hall–Kier alpha value is -1.02. The first kappa shape index (κ1) is 23.0. The van der Waals surface area contributed by atoms with E-state index in [2.05, 4.69) is 41.3 Å². The van der Waals surface area contributed by atoms with E-state index in [4.69, 9.17) is 0 Å². The van der Waals surface area contributed by atoms with Crippen molar-refractivity contribution in [2.75, 3.05) is 45.8 Å². The van der Waals surface area contributed by atoms with E-state index >= 15 is 0 Å². The van der Waals surface area contributed by atoms with Crippen LogP contribution in [0.5, 0.6) is 0 Å². The summed E-state index contributed by atoms with van der Waals surface area (Å²) in [4.78, 5) is 8.30. The molecule has 5 nitrogen and oxygen atoms in total. The SMILES string of the molecule is CCN=C(NC(C)CCCN(CC)CC)NC1CCN(CC(F)(F)F)C1. The van der Waals surface area contributed by atoms with Crippen LogP contribution >= 0.6 is 0 Å². The Labute approximate surface area is 156 Å². The number of rotatable bonds is 10. The van der Waals surface area contributed by atoms with Gasteiger partial charge >= 0.3 is 6.18 Å². The van der Waals surface area contributed by atoms with Crippen molar-refractivity contribution in [1.82, 2.24) is 20.4 Å². The molecule has 8 heteroatoms. The smallest absolute Gasteiger partial charge is 0.354 e. The number of hydrogen-bond donors (Lipinski definition) is 2. The minimum atomic E-state index is -4.13. The van der Waals surface area contributed by atoms with Gasteiger partial charge in [-0.2, -0.15) is 13.2 Å². The van der Waals surface area contributed by atoms with Crippen molar-refractivity contribution in [3.63, 3.8) is 0 Å². The second kappa shape index (κ2) is 11.6.